The summed E-state index contributed by atoms with van der Waals surface area (Å²) in [6, 6.07) is 3.79. The van der Waals surface area contributed by atoms with Gasteiger partial charge in [0.05, 0.1) is 11.3 Å². The predicted molar refractivity (Wildman–Crippen MR) is 62.4 cm³/mol. The Balaban J connectivity index is 2.76. The number of primary sulfonamides is 1. The van der Waals surface area contributed by atoms with Gasteiger partial charge in [0.25, 0.3) is 0 Å². The maximum Gasteiger partial charge on any atom is 0.209 e. The minimum Gasteiger partial charge on any atom is -0.249 e. The number of sulfonamides is 1. The van der Waals surface area contributed by atoms with Gasteiger partial charge in [0.2, 0.25) is 10.0 Å². The van der Waals surface area contributed by atoms with Gasteiger partial charge in [-0.2, -0.15) is 5.26 Å². The van der Waals surface area contributed by atoms with E-state index in [0.29, 0.717) is 16.3 Å². The number of hydrogen-bond donors (Lipinski definition) is 1. The zero-order valence-electron chi connectivity index (χ0n) is 8.67. The van der Waals surface area contributed by atoms with Crippen LogP contribution in [0.25, 0.3) is 0 Å². The first-order valence-electron chi connectivity index (χ1n) is 4.43. The molecule has 0 saturated carbocycles. The molecule has 16 heavy (non-hydrogen) atoms. The molecule has 86 valence electrons. The van der Waals surface area contributed by atoms with Gasteiger partial charge in [0.15, 0.2) is 0 Å². The molecule has 1 rings (SSSR count). The zero-order valence-corrected chi connectivity index (χ0v) is 10.3. The highest BCUT2D eigenvalue weighted by atomic mass is 32.2. The molecule has 0 radical (unpaired) electrons. The van der Waals surface area contributed by atoms with Gasteiger partial charge < -0.3 is 0 Å². The highest BCUT2D eigenvalue weighted by Gasteiger charge is 2.09. The van der Waals surface area contributed by atoms with Crippen LogP contribution in [0.4, 0.5) is 0 Å². The van der Waals surface area contributed by atoms with Crippen molar-refractivity contribution in [2.45, 2.75) is 11.9 Å². The van der Waals surface area contributed by atoms with E-state index in [1.54, 1.807) is 12.3 Å². The fraction of sp³-hybridized carbons (Fsp3) is 0.333. The maximum atomic E-state index is 10.7. The second-order valence-electron chi connectivity index (χ2n) is 3.14. The van der Waals surface area contributed by atoms with E-state index in [1.807, 2.05) is 13.0 Å². The van der Waals surface area contributed by atoms with Gasteiger partial charge in [0.1, 0.15) is 11.1 Å². The molecule has 7 heteroatoms. The molecule has 1 aromatic heterocycles. The van der Waals surface area contributed by atoms with Gasteiger partial charge in [-0.1, -0.05) is 0 Å². The summed E-state index contributed by atoms with van der Waals surface area (Å²) < 4.78 is 21.4. The van der Waals surface area contributed by atoms with Crippen LogP contribution in [-0.4, -0.2) is 24.9 Å². The molecule has 0 amide bonds. The van der Waals surface area contributed by atoms with Crippen molar-refractivity contribution in [3.05, 3.63) is 23.4 Å². The van der Waals surface area contributed by atoms with Gasteiger partial charge in [-0.25, -0.2) is 18.5 Å². The largest absolute Gasteiger partial charge is 0.249 e. The summed E-state index contributed by atoms with van der Waals surface area (Å²) in [5.41, 5.74) is 1.32. The number of aromatic nitrogens is 1. The lowest BCUT2D eigenvalue weighted by Gasteiger charge is -2.04. The van der Waals surface area contributed by atoms with Crippen LogP contribution in [-0.2, 0) is 10.0 Å². The normalized spacial score (nSPS) is 11.1. The SMILES string of the molecule is Cc1ccnc(SCCS(N)(=O)=O)c1C#N. The molecule has 0 atom stereocenters. The van der Waals surface area contributed by atoms with Gasteiger partial charge in [-0.05, 0) is 18.6 Å². The van der Waals surface area contributed by atoms with Crippen molar-refractivity contribution in [3.8, 4) is 6.07 Å². The molecular formula is C9H11N3O2S2. The summed E-state index contributed by atoms with van der Waals surface area (Å²) in [5.74, 6) is 0.169. The van der Waals surface area contributed by atoms with Crippen LogP contribution in [0, 0.1) is 18.3 Å². The molecule has 0 bridgehead atoms. The van der Waals surface area contributed by atoms with E-state index in [-0.39, 0.29) is 5.75 Å². The van der Waals surface area contributed by atoms with Gasteiger partial charge in [-0.15, -0.1) is 11.8 Å². The lowest BCUT2D eigenvalue weighted by molar-refractivity contribution is 0.599. The topological polar surface area (TPSA) is 96.8 Å². The molecule has 1 aromatic rings. The Bertz CT molecular complexity index is 520. The fourth-order valence-corrected chi connectivity index (χ4v) is 2.98. The monoisotopic (exact) mass is 257 g/mol. The molecule has 0 aliphatic rings. The van der Waals surface area contributed by atoms with Gasteiger partial charge in [0, 0.05) is 11.9 Å². The van der Waals surface area contributed by atoms with E-state index in [4.69, 9.17) is 10.4 Å². The van der Waals surface area contributed by atoms with E-state index < -0.39 is 10.0 Å². The minimum absolute atomic E-state index is 0.127. The van der Waals surface area contributed by atoms with Crippen molar-refractivity contribution in [2.75, 3.05) is 11.5 Å². The Hall–Kier alpha value is -1.10. The summed E-state index contributed by atoms with van der Waals surface area (Å²) in [6.45, 7) is 1.81. The van der Waals surface area contributed by atoms with Crippen molar-refractivity contribution >= 4 is 21.8 Å². The second kappa shape index (κ2) is 5.30. The van der Waals surface area contributed by atoms with Crippen LogP contribution >= 0.6 is 11.8 Å². The Morgan fingerprint density at radius 1 is 1.62 bits per heavy atom. The van der Waals surface area contributed by atoms with Crippen molar-refractivity contribution < 1.29 is 8.42 Å². The average molecular weight is 257 g/mol. The van der Waals surface area contributed by atoms with E-state index in [9.17, 15) is 8.42 Å². The molecule has 0 aliphatic carbocycles. The minimum atomic E-state index is -3.46. The number of pyridine rings is 1. The van der Waals surface area contributed by atoms with Crippen LogP contribution in [0.15, 0.2) is 17.3 Å². The van der Waals surface area contributed by atoms with Gasteiger partial charge in [-0.3, -0.25) is 0 Å². The van der Waals surface area contributed by atoms with Crippen molar-refractivity contribution in [1.29, 1.82) is 5.26 Å². The lowest BCUT2D eigenvalue weighted by atomic mass is 10.2. The smallest absolute Gasteiger partial charge is 0.209 e. The first kappa shape index (κ1) is 13.0. The van der Waals surface area contributed by atoms with E-state index >= 15 is 0 Å². The van der Waals surface area contributed by atoms with Crippen LogP contribution in [0.3, 0.4) is 0 Å². The number of rotatable bonds is 4. The first-order valence-corrected chi connectivity index (χ1v) is 7.13. The fourth-order valence-electron chi connectivity index (χ4n) is 1.03. The highest BCUT2D eigenvalue weighted by molar-refractivity contribution is 8.00. The summed E-state index contributed by atoms with van der Waals surface area (Å²) >= 11 is 1.22. The molecule has 0 aliphatic heterocycles. The quantitative estimate of drug-likeness (QED) is 0.798. The molecule has 0 unspecified atom stereocenters. The average Bonchev–Trinajstić information content (AvgIpc) is 2.16. The molecule has 1 heterocycles. The van der Waals surface area contributed by atoms with E-state index in [1.165, 1.54) is 11.8 Å². The van der Waals surface area contributed by atoms with Crippen molar-refractivity contribution in [1.82, 2.24) is 4.98 Å². The number of nitrogens with two attached hydrogens (primary N) is 1. The first-order chi connectivity index (χ1) is 7.44. The predicted octanol–water partition coefficient (Wildman–Crippen LogP) is 0.642. The summed E-state index contributed by atoms with van der Waals surface area (Å²) in [4.78, 5) is 4.03. The van der Waals surface area contributed by atoms with Crippen molar-refractivity contribution in [2.24, 2.45) is 5.14 Å². The molecule has 0 spiro atoms. The number of thioether (sulfide) groups is 1. The van der Waals surface area contributed by atoms with E-state index in [0.717, 1.165) is 5.56 Å². The standard InChI is InChI=1S/C9H11N3O2S2/c1-7-2-3-12-9(8(7)6-10)15-4-5-16(11,13)14/h2-3H,4-5H2,1H3,(H2,11,13,14). The number of hydrogen-bond acceptors (Lipinski definition) is 5. The summed E-state index contributed by atoms with van der Waals surface area (Å²) in [5, 5.41) is 14.3. The zero-order chi connectivity index (χ0) is 12.2. The van der Waals surface area contributed by atoms with Crippen molar-refractivity contribution in [3.63, 3.8) is 0 Å². The van der Waals surface area contributed by atoms with Crippen LogP contribution < -0.4 is 5.14 Å². The summed E-state index contributed by atoms with van der Waals surface area (Å²) in [7, 11) is -3.46. The third-order valence-electron chi connectivity index (χ3n) is 1.84. The number of nitriles is 1. The maximum absolute atomic E-state index is 10.7. The molecular weight excluding hydrogens is 246 g/mol. The molecule has 2 N–H and O–H groups in total. The third-order valence-corrected chi connectivity index (χ3v) is 3.87. The Morgan fingerprint density at radius 3 is 2.88 bits per heavy atom. The molecule has 0 aromatic carbocycles. The van der Waals surface area contributed by atoms with Crippen LogP contribution in [0.2, 0.25) is 0 Å². The van der Waals surface area contributed by atoms with Gasteiger partial charge >= 0.3 is 0 Å². The van der Waals surface area contributed by atoms with Crippen LogP contribution in [0.1, 0.15) is 11.1 Å². The Kier molecular flexibility index (Phi) is 4.29. The molecule has 0 saturated heterocycles. The van der Waals surface area contributed by atoms with E-state index in [2.05, 4.69) is 4.98 Å². The Morgan fingerprint density at radius 2 is 2.31 bits per heavy atom. The number of aryl methyl sites for hydroxylation is 1. The lowest BCUT2D eigenvalue weighted by Crippen LogP contribution is -2.17. The molecule has 5 nitrogen and oxygen atoms in total. The third kappa shape index (κ3) is 3.81. The number of nitrogens with zero attached hydrogens (tertiary/aromatic N) is 2. The molecule has 0 fully saturated rings. The second-order valence-corrected chi connectivity index (χ2v) is 5.95. The Labute approximate surface area is 98.7 Å². The summed E-state index contributed by atoms with van der Waals surface area (Å²) in [6.07, 6.45) is 1.59. The highest BCUT2D eigenvalue weighted by Crippen LogP contribution is 2.21. The van der Waals surface area contributed by atoms with Crippen LogP contribution in [0.5, 0.6) is 0 Å².